The molecule has 1 heterocycles. The maximum atomic E-state index is 11.5. The molecule has 0 aliphatic rings. The number of ether oxygens (including phenoxy) is 1. The fraction of sp³-hybridized carbons (Fsp3) is 0.125. The summed E-state index contributed by atoms with van der Waals surface area (Å²) in [6.07, 6.45) is 1.74. The number of hydrogen-bond donors (Lipinski definition) is 0. The zero-order chi connectivity index (χ0) is 21.1. The third kappa shape index (κ3) is 4.07. The summed E-state index contributed by atoms with van der Waals surface area (Å²) in [6.45, 7) is 0. The van der Waals surface area contributed by atoms with Gasteiger partial charge < -0.3 is 14.1 Å². The molecule has 6 nitrogen and oxygen atoms in total. The Bertz CT molecular complexity index is 1210. The van der Waals surface area contributed by atoms with E-state index < -0.39 is 0 Å². The molecule has 0 unspecified atom stereocenters. The average molecular weight is 399 g/mol. The van der Waals surface area contributed by atoms with Crippen LogP contribution in [0.25, 0.3) is 22.6 Å². The van der Waals surface area contributed by atoms with E-state index in [0.29, 0.717) is 17.0 Å². The molecule has 6 heteroatoms. The molecule has 0 fully saturated rings. The molecule has 0 saturated carbocycles. The van der Waals surface area contributed by atoms with Gasteiger partial charge in [-0.3, -0.25) is 4.99 Å². The van der Waals surface area contributed by atoms with Crippen molar-refractivity contribution in [2.24, 2.45) is 4.99 Å². The van der Waals surface area contributed by atoms with Gasteiger partial charge in [-0.2, -0.15) is 0 Å². The smallest absolute Gasteiger partial charge is 0.337 e. The molecule has 0 aliphatic heterocycles. The van der Waals surface area contributed by atoms with E-state index in [-0.39, 0.29) is 5.97 Å². The second-order valence-corrected chi connectivity index (χ2v) is 6.98. The Morgan fingerprint density at radius 1 is 1.03 bits per heavy atom. The predicted molar refractivity (Wildman–Crippen MR) is 119 cm³/mol. The van der Waals surface area contributed by atoms with Gasteiger partial charge in [0.05, 0.1) is 18.4 Å². The van der Waals surface area contributed by atoms with E-state index in [0.717, 1.165) is 28.0 Å². The number of nitrogens with zero attached hydrogens (tertiary/aromatic N) is 3. The highest BCUT2D eigenvalue weighted by molar-refractivity contribution is 5.91. The van der Waals surface area contributed by atoms with Crippen LogP contribution in [0, 0.1) is 0 Å². The Kier molecular flexibility index (Phi) is 5.30. The number of rotatable bonds is 5. The van der Waals surface area contributed by atoms with Gasteiger partial charge in [0.15, 0.2) is 5.58 Å². The van der Waals surface area contributed by atoms with E-state index in [1.165, 1.54) is 7.11 Å². The summed E-state index contributed by atoms with van der Waals surface area (Å²) in [6, 6.07) is 20.8. The van der Waals surface area contributed by atoms with Gasteiger partial charge in [-0.05, 0) is 60.2 Å². The summed E-state index contributed by atoms with van der Waals surface area (Å²) < 4.78 is 10.6. The van der Waals surface area contributed by atoms with Gasteiger partial charge in [0.25, 0.3) is 0 Å². The molecule has 3 aromatic carbocycles. The first-order valence-corrected chi connectivity index (χ1v) is 9.44. The van der Waals surface area contributed by atoms with Crippen molar-refractivity contribution < 1.29 is 13.9 Å². The minimum Gasteiger partial charge on any atom is -0.465 e. The normalized spacial score (nSPS) is 11.2. The van der Waals surface area contributed by atoms with Crippen molar-refractivity contribution in [2.45, 2.75) is 0 Å². The van der Waals surface area contributed by atoms with E-state index in [1.54, 1.807) is 18.3 Å². The molecule has 0 spiro atoms. The van der Waals surface area contributed by atoms with Gasteiger partial charge in [-0.1, -0.05) is 12.1 Å². The second-order valence-electron chi connectivity index (χ2n) is 6.98. The number of methoxy groups -OCH3 is 1. The van der Waals surface area contributed by atoms with Crippen LogP contribution in [0.1, 0.15) is 15.9 Å². The minimum atomic E-state index is -0.359. The highest BCUT2D eigenvalue weighted by Crippen LogP contribution is 2.28. The van der Waals surface area contributed by atoms with Gasteiger partial charge >= 0.3 is 5.97 Å². The molecule has 0 amide bonds. The largest absolute Gasteiger partial charge is 0.465 e. The van der Waals surface area contributed by atoms with Crippen molar-refractivity contribution in [3.63, 3.8) is 0 Å². The average Bonchev–Trinajstić information content (AvgIpc) is 3.21. The van der Waals surface area contributed by atoms with Gasteiger partial charge in [-0.15, -0.1) is 0 Å². The van der Waals surface area contributed by atoms with E-state index in [9.17, 15) is 4.79 Å². The first-order chi connectivity index (χ1) is 14.5. The molecule has 30 heavy (non-hydrogen) atoms. The van der Waals surface area contributed by atoms with E-state index in [4.69, 9.17) is 9.15 Å². The van der Waals surface area contributed by atoms with Crippen LogP contribution in [0.3, 0.4) is 0 Å². The lowest BCUT2D eigenvalue weighted by molar-refractivity contribution is 0.0600. The Balaban J connectivity index is 1.55. The SMILES string of the molecule is COC(=O)c1ccc(C=Nc2ccc3oc(-c4ccc(N(C)C)cc4)nc3c2)cc1. The number of esters is 1. The third-order valence-corrected chi connectivity index (χ3v) is 4.70. The maximum absolute atomic E-state index is 11.5. The Labute approximate surface area is 174 Å². The number of hydrogen-bond acceptors (Lipinski definition) is 6. The van der Waals surface area contributed by atoms with E-state index in [2.05, 4.69) is 9.98 Å². The van der Waals surface area contributed by atoms with Crippen molar-refractivity contribution in [3.8, 4) is 11.5 Å². The van der Waals surface area contributed by atoms with Crippen LogP contribution >= 0.6 is 0 Å². The van der Waals surface area contributed by atoms with Gasteiger partial charge in [0.2, 0.25) is 5.89 Å². The molecular formula is C24H21N3O3. The van der Waals surface area contributed by atoms with Crippen molar-refractivity contribution in [3.05, 3.63) is 77.9 Å². The maximum Gasteiger partial charge on any atom is 0.337 e. The van der Waals surface area contributed by atoms with Crippen molar-refractivity contribution in [1.82, 2.24) is 4.98 Å². The van der Waals surface area contributed by atoms with Crippen LogP contribution in [-0.2, 0) is 4.74 Å². The molecule has 1 aromatic heterocycles. The van der Waals surface area contributed by atoms with Crippen LogP contribution in [0.15, 0.2) is 76.1 Å². The zero-order valence-corrected chi connectivity index (χ0v) is 17.0. The molecule has 0 radical (unpaired) electrons. The molecule has 0 bridgehead atoms. The van der Waals surface area contributed by atoms with Crippen molar-refractivity contribution in [1.29, 1.82) is 0 Å². The van der Waals surface area contributed by atoms with Crippen LogP contribution in [-0.4, -0.2) is 38.4 Å². The van der Waals surface area contributed by atoms with E-state index >= 15 is 0 Å². The first-order valence-electron chi connectivity index (χ1n) is 9.44. The lowest BCUT2D eigenvalue weighted by atomic mass is 10.1. The number of fused-ring (bicyclic) bond motifs is 1. The molecule has 4 rings (SSSR count). The summed E-state index contributed by atoms with van der Waals surface area (Å²) in [4.78, 5) is 22.7. The second kappa shape index (κ2) is 8.21. The Morgan fingerprint density at radius 3 is 2.43 bits per heavy atom. The number of benzene rings is 3. The topological polar surface area (TPSA) is 67.9 Å². The molecule has 0 saturated heterocycles. The van der Waals surface area contributed by atoms with Gasteiger partial charge in [0.1, 0.15) is 5.52 Å². The van der Waals surface area contributed by atoms with Crippen LogP contribution < -0.4 is 4.90 Å². The Morgan fingerprint density at radius 2 is 1.77 bits per heavy atom. The monoisotopic (exact) mass is 399 g/mol. The highest BCUT2D eigenvalue weighted by atomic mass is 16.5. The van der Waals surface area contributed by atoms with Crippen LogP contribution in [0.5, 0.6) is 0 Å². The van der Waals surface area contributed by atoms with Crippen LogP contribution in [0.2, 0.25) is 0 Å². The van der Waals surface area contributed by atoms with Crippen molar-refractivity contribution in [2.75, 3.05) is 26.1 Å². The molecule has 0 atom stereocenters. The van der Waals surface area contributed by atoms with Gasteiger partial charge in [0, 0.05) is 31.6 Å². The number of aromatic nitrogens is 1. The Hall–Kier alpha value is -3.93. The van der Waals surface area contributed by atoms with E-state index in [1.807, 2.05) is 73.6 Å². The number of anilines is 1. The quantitative estimate of drug-likeness (QED) is 0.345. The first kappa shape index (κ1) is 19.4. The fourth-order valence-electron chi connectivity index (χ4n) is 2.99. The summed E-state index contributed by atoms with van der Waals surface area (Å²) in [7, 11) is 5.37. The zero-order valence-electron chi connectivity index (χ0n) is 17.0. The fourth-order valence-corrected chi connectivity index (χ4v) is 2.99. The number of carbonyl (C=O) groups is 1. The lowest BCUT2D eigenvalue weighted by Crippen LogP contribution is -2.07. The minimum absolute atomic E-state index is 0.359. The summed E-state index contributed by atoms with van der Waals surface area (Å²) >= 11 is 0. The molecular weight excluding hydrogens is 378 g/mol. The molecule has 4 aromatic rings. The number of carbonyl (C=O) groups excluding carboxylic acids is 1. The predicted octanol–water partition coefficient (Wildman–Crippen LogP) is 5.10. The molecule has 0 aliphatic carbocycles. The summed E-state index contributed by atoms with van der Waals surface area (Å²) in [5, 5.41) is 0. The standard InChI is InChI=1S/C24H21N3O3/c1-27(2)20-11-8-17(9-12-20)23-26-21-14-19(10-13-22(21)30-23)25-15-16-4-6-18(7-5-16)24(28)29-3/h4-15H,1-3H3. The van der Waals surface area contributed by atoms with Crippen LogP contribution in [0.4, 0.5) is 11.4 Å². The summed E-state index contributed by atoms with van der Waals surface area (Å²) in [5.74, 6) is 0.219. The highest BCUT2D eigenvalue weighted by Gasteiger charge is 2.09. The lowest BCUT2D eigenvalue weighted by Gasteiger charge is -2.11. The number of oxazole rings is 1. The van der Waals surface area contributed by atoms with Crippen molar-refractivity contribution >= 4 is 34.7 Å². The molecule has 150 valence electrons. The number of aliphatic imine (C=N–C) groups is 1. The summed E-state index contributed by atoms with van der Waals surface area (Å²) in [5.41, 5.74) is 5.65. The third-order valence-electron chi connectivity index (χ3n) is 4.70. The van der Waals surface area contributed by atoms with Gasteiger partial charge in [-0.25, -0.2) is 9.78 Å². The molecule has 0 N–H and O–H groups in total.